The summed E-state index contributed by atoms with van der Waals surface area (Å²) in [5.41, 5.74) is 0. The zero-order valence-corrected chi connectivity index (χ0v) is 17.2. The topological polar surface area (TPSA) is 3.24 Å². The van der Waals surface area contributed by atoms with Gasteiger partial charge in [-0.1, -0.05) is 92.3 Å². The second kappa shape index (κ2) is 11.7. The van der Waals surface area contributed by atoms with Gasteiger partial charge in [0.15, 0.2) is 0 Å². The van der Waals surface area contributed by atoms with Gasteiger partial charge in [0.25, 0.3) is 0 Å². The SMILES string of the molecule is CCCCCCCCN(C(CCCC)C(C)C)[Si](C)(C)C. The maximum atomic E-state index is 2.94. The lowest BCUT2D eigenvalue weighted by atomic mass is 9.98. The molecule has 0 amide bonds. The smallest absolute Gasteiger partial charge is 0.119 e. The molecule has 0 aromatic heterocycles. The standard InChI is InChI=1S/C19H43NSi/c1-8-10-12-13-14-15-17-20(21(5,6)7)19(18(3)4)16-11-9-2/h18-19H,8-17H2,1-7H3. The van der Waals surface area contributed by atoms with Gasteiger partial charge in [-0.15, -0.1) is 0 Å². The first-order valence-electron chi connectivity index (χ1n) is 9.61. The molecule has 0 aliphatic carbocycles. The molecule has 0 saturated heterocycles. The molecular weight excluding hydrogens is 270 g/mol. The average molecular weight is 314 g/mol. The Bertz CT molecular complexity index is 232. The summed E-state index contributed by atoms with van der Waals surface area (Å²) in [6.45, 7) is 18.4. The van der Waals surface area contributed by atoms with Gasteiger partial charge in [-0.05, 0) is 25.3 Å². The van der Waals surface area contributed by atoms with Crippen molar-refractivity contribution in [2.75, 3.05) is 6.54 Å². The van der Waals surface area contributed by atoms with E-state index in [1.165, 1.54) is 64.3 Å². The van der Waals surface area contributed by atoms with Gasteiger partial charge in [0, 0.05) is 6.04 Å². The zero-order valence-electron chi connectivity index (χ0n) is 16.2. The molecule has 1 nitrogen and oxygen atoms in total. The molecule has 0 aliphatic heterocycles. The summed E-state index contributed by atoms with van der Waals surface area (Å²) in [6, 6.07) is 0.812. The molecule has 0 fully saturated rings. The van der Waals surface area contributed by atoms with Gasteiger partial charge < -0.3 is 4.57 Å². The number of rotatable bonds is 13. The van der Waals surface area contributed by atoms with Gasteiger partial charge in [0.2, 0.25) is 0 Å². The number of hydrogen-bond acceptors (Lipinski definition) is 1. The molecule has 0 radical (unpaired) electrons. The van der Waals surface area contributed by atoms with Gasteiger partial charge in [-0.25, -0.2) is 0 Å². The summed E-state index contributed by atoms with van der Waals surface area (Å²) >= 11 is 0. The third-order valence-corrected chi connectivity index (χ3v) is 6.92. The first-order valence-corrected chi connectivity index (χ1v) is 13.1. The van der Waals surface area contributed by atoms with Crippen LogP contribution in [0.4, 0.5) is 0 Å². The average Bonchev–Trinajstić information content (AvgIpc) is 2.38. The molecule has 0 rings (SSSR count). The second-order valence-electron chi connectivity index (χ2n) is 8.09. The summed E-state index contributed by atoms with van der Waals surface area (Å²) in [5, 5.41) is 0. The fourth-order valence-corrected chi connectivity index (χ4v) is 5.57. The van der Waals surface area contributed by atoms with E-state index in [0.717, 1.165) is 12.0 Å². The van der Waals surface area contributed by atoms with Gasteiger partial charge in [0.1, 0.15) is 8.24 Å². The Labute approximate surface area is 137 Å². The highest BCUT2D eigenvalue weighted by Gasteiger charge is 2.31. The van der Waals surface area contributed by atoms with E-state index in [1.54, 1.807) is 0 Å². The Morgan fingerprint density at radius 1 is 0.762 bits per heavy atom. The Hall–Kier alpha value is 0.177. The van der Waals surface area contributed by atoms with E-state index in [1.807, 2.05) is 0 Å². The summed E-state index contributed by atoms with van der Waals surface area (Å²) < 4.78 is 2.94. The van der Waals surface area contributed by atoms with E-state index in [0.29, 0.717) is 0 Å². The molecule has 0 aromatic rings. The molecule has 0 bridgehead atoms. The van der Waals surface area contributed by atoms with Crippen molar-refractivity contribution in [2.24, 2.45) is 5.92 Å². The molecule has 0 aliphatic rings. The lowest BCUT2D eigenvalue weighted by molar-refractivity contribution is 0.229. The molecule has 128 valence electrons. The fourth-order valence-electron chi connectivity index (χ4n) is 3.32. The lowest BCUT2D eigenvalue weighted by Crippen LogP contribution is -2.54. The maximum Gasteiger partial charge on any atom is 0.119 e. The molecule has 0 heterocycles. The highest BCUT2D eigenvalue weighted by atomic mass is 28.3. The van der Waals surface area contributed by atoms with Crippen molar-refractivity contribution in [1.29, 1.82) is 0 Å². The van der Waals surface area contributed by atoms with E-state index in [9.17, 15) is 0 Å². The third kappa shape index (κ3) is 9.73. The minimum Gasteiger partial charge on any atom is -0.321 e. The minimum absolute atomic E-state index is 0.795. The monoisotopic (exact) mass is 313 g/mol. The summed E-state index contributed by atoms with van der Waals surface area (Å²) in [5.74, 6) is 0.795. The van der Waals surface area contributed by atoms with E-state index in [2.05, 4.69) is 51.9 Å². The van der Waals surface area contributed by atoms with Crippen molar-refractivity contribution in [2.45, 2.75) is 111 Å². The van der Waals surface area contributed by atoms with Crippen LogP contribution in [0.15, 0.2) is 0 Å². The van der Waals surface area contributed by atoms with Crippen LogP contribution in [0.3, 0.4) is 0 Å². The van der Waals surface area contributed by atoms with E-state index in [-0.39, 0.29) is 0 Å². The van der Waals surface area contributed by atoms with Crippen molar-refractivity contribution in [3.63, 3.8) is 0 Å². The van der Waals surface area contributed by atoms with E-state index < -0.39 is 8.24 Å². The van der Waals surface area contributed by atoms with Crippen LogP contribution in [0.2, 0.25) is 19.6 Å². The van der Waals surface area contributed by atoms with Crippen LogP contribution in [-0.2, 0) is 0 Å². The van der Waals surface area contributed by atoms with Crippen molar-refractivity contribution in [1.82, 2.24) is 4.57 Å². The third-order valence-electron chi connectivity index (χ3n) is 4.64. The summed E-state index contributed by atoms with van der Waals surface area (Å²) in [4.78, 5) is 0. The predicted octanol–water partition coefficient (Wildman–Crippen LogP) is 6.70. The van der Waals surface area contributed by atoms with Crippen LogP contribution in [0.25, 0.3) is 0 Å². The molecule has 1 atom stereocenters. The molecular formula is C19H43NSi. The molecule has 2 heteroatoms. The number of unbranched alkanes of at least 4 members (excludes halogenated alkanes) is 6. The maximum absolute atomic E-state index is 2.94. The van der Waals surface area contributed by atoms with Crippen LogP contribution < -0.4 is 0 Å². The van der Waals surface area contributed by atoms with Gasteiger partial charge in [0.05, 0.1) is 0 Å². The zero-order chi connectivity index (χ0) is 16.3. The molecule has 0 saturated carbocycles. The normalized spacial score (nSPS) is 14.1. The molecule has 21 heavy (non-hydrogen) atoms. The van der Waals surface area contributed by atoms with Crippen LogP contribution in [0.1, 0.15) is 85.5 Å². The van der Waals surface area contributed by atoms with Gasteiger partial charge >= 0.3 is 0 Å². The van der Waals surface area contributed by atoms with Crippen LogP contribution in [-0.4, -0.2) is 25.4 Å². The van der Waals surface area contributed by atoms with Crippen molar-refractivity contribution in [3.05, 3.63) is 0 Å². The van der Waals surface area contributed by atoms with Crippen molar-refractivity contribution >= 4 is 8.24 Å². The highest BCUT2D eigenvalue weighted by Crippen LogP contribution is 2.24. The largest absolute Gasteiger partial charge is 0.321 e. The Morgan fingerprint density at radius 2 is 1.29 bits per heavy atom. The predicted molar refractivity (Wildman–Crippen MR) is 102 cm³/mol. The molecule has 0 spiro atoms. The Balaban J connectivity index is 4.41. The van der Waals surface area contributed by atoms with Crippen LogP contribution in [0, 0.1) is 5.92 Å². The first-order chi connectivity index (χ1) is 9.84. The van der Waals surface area contributed by atoms with Crippen LogP contribution in [0.5, 0.6) is 0 Å². The molecule has 0 aromatic carbocycles. The minimum atomic E-state index is -1.20. The van der Waals surface area contributed by atoms with Crippen LogP contribution >= 0.6 is 0 Å². The highest BCUT2D eigenvalue weighted by molar-refractivity contribution is 6.73. The molecule has 0 N–H and O–H groups in total. The van der Waals surface area contributed by atoms with E-state index >= 15 is 0 Å². The van der Waals surface area contributed by atoms with Crippen molar-refractivity contribution < 1.29 is 0 Å². The summed E-state index contributed by atoms with van der Waals surface area (Å²) in [7, 11) is -1.20. The number of nitrogens with zero attached hydrogens (tertiary/aromatic N) is 1. The Morgan fingerprint density at radius 3 is 1.76 bits per heavy atom. The van der Waals surface area contributed by atoms with Gasteiger partial charge in [-0.3, -0.25) is 0 Å². The summed E-state index contributed by atoms with van der Waals surface area (Å²) in [6.07, 6.45) is 12.6. The Kier molecular flexibility index (Phi) is 11.8. The van der Waals surface area contributed by atoms with E-state index in [4.69, 9.17) is 0 Å². The quantitative estimate of drug-likeness (QED) is 0.270. The first kappa shape index (κ1) is 21.2. The molecule has 1 unspecified atom stereocenters. The number of hydrogen-bond donors (Lipinski definition) is 0. The van der Waals surface area contributed by atoms with Crippen molar-refractivity contribution in [3.8, 4) is 0 Å². The van der Waals surface area contributed by atoms with Gasteiger partial charge in [-0.2, -0.15) is 0 Å². The lowest BCUT2D eigenvalue weighted by Gasteiger charge is -2.43. The fraction of sp³-hybridized carbons (Fsp3) is 1.00. The second-order valence-corrected chi connectivity index (χ2v) is 13.0.